The van der Waals surface area contributed by atoms with Gasteiger partial charge in [-0.1, -0.05) is 12.1 Å². The van der Waals surface area contributed by atoms with Gasteiger partial charge in [-0.2, -0.15) is 4.98 Å². The Morgan fingerprint density at radius 1 is 1.55 bits per heavy atom. The molecule has 0 bridgehead atoms. The molecule has 1 aromatic rings. The normalized spacial score (nSPS) is 20.0. The van der Waals surface area contributed by atoms with Gasteiger partial charge >= 0.3 is 0 Å². The Balaban J connectivity index is 1.98. The predicted molar refractivity (Wildman–Crippen MR) is 74.0 cm³/mol. The maximum atomic E-state index is 12.0. The molecule has 0 aliphatic carbocycles. The smallest absolute Gasteiger partial charge is 0.240 e. The lowest BCUT2D eigenvalue weighted by Crippen LogP contribution is -2.57. The number of nitrogens with one attached hydrogen (secondary N) is 2. The molecule has 112 valence electrons. The fraction of sp³-hybridized carbons (Fsp3) is 0.769. The molecule has 2 N–H and O–H groups in total. The molecule has 1 aliphatic rings. The average molecular weight is 281 g/mol. The van der Waals surface area contributed by atoms with Crippen LogP contribution in [-0.2, 0) is 17.8 Å². The van der Waals surface area contributed by atoms with E-state index in [1.807, 2.05) is 6.92 Å². The lowest BCUT2D eigenvalue weighted by Gasteiger charge is -2.33. The quantitative estimate of drug-likeness (QED) is 0.759. The first kappa shape index (κ1) is 14.9. The van der Waals surface area contributed by atoms with E-state index in [0.29, 0.717) is 25.5 Å². The van der Waals surface area contributed by atoms with Gasteiger partial charge in [0.2, 0.25) is 11.8 Å². The van der Waals surface area contributed by atoms with E-state index in [1.165, 1.54) is 0 Å². The monoisotopic (exact) mass is 281 g/mol. The summed E-state index contributed by atoms with van der Waals surface area (Å²) < 4.78 is 5.25. The first-order valence-electron chi connectivity index (χ1n) is 7.28. The molecule has 1 aliphatic heterocycles. The number of rotatable bonds is 6. The molecule has 7 heteroatoms. The molecule has 2 heterocycles. The number of likely N-dealkylation sites (N-methyl/N-ethyl adjacent to an activating group) is 1. The maximum Gasteiger partial charge on any atom is 0.240 e. The molecule has 1 fully saturated rings. The van der Waals surface area contributed by atoms with Gasteiger partial charge in [-0.3, -0.25) is 9.69 Å². The molecule has 1 atom stereocenters. The van der Waals surface area contributed by atoms with E-state index in [9.17, 15) is 4.79 Å². The van der Waals surface area contributed by atoms with E-state index >= 15 is 0 Å². The van der Waals surface area contributed by atoms with Crippen molar-refractivity contribution < 1.29 is 9.32 Å². The van der Waals surface area contributed by atoms with Gasteiger partial charge in [0, 0.05) is 32.6 Å². The first-order chi connectivity index (χ1) is 9.74. The SMILES string of the molecule is CCCc1noc(CN2CCNCC2C(=O)NCC)n1. The van der Waals surface area contributed by atoms with Crippen molar-refractivity contribution in [3.63, 3.8) is 0 Å². The molecule has 1 amide bonds. The van der Waals surface area contributed by atoms with Crippen molar-refractivity contribution in [2.75, 3.05) is 26.2 Å². The highest BCUT2D eigenvalue weighted by molar-refractivity contribution is 5.82. The topological polar surface area (TPSA) is 83.3 Å². The standard InChI is InChI=1S/C13H23N5O2/c1-3-5-11-16-12(20-17-11)9-18-7-6-14-8-10(18)13(19)15-4-2/h10,14H,3-9H2,1-2H3,(H,15,19). The summed E-state index contributed by atoms with van der Waals surface area (Å²) in [5.41, 5.74) is 0. The maximum absolute atomic E-state index is 12.0. The van der Waals surface area contributed by atoms with Crippen LogP contribution in [0.1, 0.15) is 32.0 Å². The van der Waals surface area contributed by atoms with Crippen LogP contribution in [-0.4, -0.2) is 53.2 Å². The third-order valence-corrected chi connectivity index (χ3v) is 3.33. The highest BCUT2D eigenvalue weighted by atomic mass is 16.5. The van der Waals surface area contributed by atoms with Crippen LogP contribution in [0.25, 0.3) is 0 Å². The number of carbonyl (C=O) groups excluding carboxylic acids is 1. The molecule has 20 heavy (non-hydrogen) atoms. The zero-order valence-electron chi connectivity index (χ0n) is 12.2. The fourth-order valence-electron chi connectivity index (χ4n) is 2.34. The van der Waals surface area contributed by atoms with Crippen molar-refractivity contribution in [3.8, 4) is 0 Å². The Labute approximate surface area is 119 Å². The summed E-state index contributed by atoms with van der Waals surface area (Å²) in [5.74, 6) is 1.38. The third kappa shape index (κ3) is 3.77. The number of nitrogens with zero attached hydrogens (tertiary/aromatic N) is 3. The van der Waals surface area contributed by atoms with Gasteiger partial charge in [0.05, 0.1) is 6.54 Å². The van der Waals surface area contributed by atoms with E-state index in [4.69, 9.17) is 4.52 Å². The van der Waals surface area contributed by atoms with Crippen molar-refractivity contribution in [3.05, 3.63) is 11.7 Å². The van der Waals surface area contributed by atoms with Gasteiger partial charge in [0.25, 0.3) is 0 Å². The number of carbonyl (C=O) groups is 1. The lowest BCUT2D eigenvalue weighted by atomic mass is 10.1. The van der Waals surface area contributed by atoms with E-state index in [0.717, 1.165) is 31.8 Å². The molecule has 0 saturated carbocycles. The zero-order chi connectivity index (χ0) is 14.4. The van der Waals surface area contributed by atoms with E-state index in [1.54, 1.807) is 0 Å². The van der Waals surface area contributed by atoms with Crippen LogP contribution in [0.3, 0.4) is 0 Å². The molecular weight excluding hydrogens is 258 g/mol. The number of amides is 1. The highest BCUT2D eigenvalue weighted by Gasteiger charge is 2.29. The van der Waals surface area contributed by atoms with Gasteiger partial charge in [-0.15, -0.1) is 0 Å². The number of hydrogen-bond donors (Lipinski definition) is 2. The number of piperazine rings is 1. The Morgan fingerprint density at radius 3 is 3.15 bits per heavy atom. The van der Waals surface area contributed by atoms with Crippen molar-refractivity contribution in [1.82, 2.24) is 25.7 Å². The van der Waals surface area contributed by atoms with Gasteiger partial charge in [-0.25, -0.2) is 0 Å². The minimum Gasteiger partial charge on any atom is -0.355 e. The summed E-state index contributed by atoms with van der Waals surface area (Å²) in [6.07, 6.45) is 1.82. The Kier molecular flexibility index (Phi) is 5.49. The van der Waals surface area contributed by atoms with Gasteiger partial charge < -0.3 is 15.2 Å². The molecule has 0 spiro atoms. The van der Waals surface area contributed by atoms with Crippen molar-refractivity contribution >= 4 is 5.91 Å². The summed E-state index contributed by atoms with van der Waals surface area (Å²) in [4.78, 5) is 18.5. The van der Waals surface area contributed by atoms with E-state index < -0.39 is 0 Å². The predicted octanol–water partition coefficient (Wildman–Crippen LogP) is -0.0680. The summed E-state index contributed by atoms with van der Waals surface area (Å²) in [6, 6.07) is -0.176. The third-order valence-electron chi connectivity index (χ3n) is 3.33. The lowest BCUT2D eigenvalue weighted by molar-refractivity contribution is -0.127. The molecule has 0 aromatic carbocycles. The summed E-state index contributed by atoms with van der Waals surface area (Å²) in [5, 5.41) is 10.1. The van der Waals surface area contributed by atoms with Crippen LogP contribution in [0.5, 0.6) is 0 Å². The molecular formula is C13H23N5O2. The van der Waals surface area contributed by atoms with Gasteiger partial charge in [-0.05, 0) is 13.3 Å². The van der Waals surface area contributed by atoms with Crippen molar-refractivity contribution in [2.24, 2.45) is 0 Å². The summed E-state index contributed by atoms with van der Waals surface area (Å²) >= 11 is 0. The second kappa shape index (κ2) is 7.35. The Bertz CT molecular complexity index is 434. The minimum atomic E-state index is -0.176. The van der Waals surface area contributed by atoms with Crippen molar-refractivity contribution in [2.45, 2.75) is 39.3 Å². The van der Waals surface area contributed by atoms with E-state index in [2.05, 4.69) is 32.6 Å². The fourth-order valence-corrected chi connectivity index (χ4v) is 2.34. The summed E-state index contributed by atoms with van der Waals surface area (Å²) in [7, 11) is 0. The molecule has 0 radical (unpaired) electrons. The zero-order valence-corrected chi connectivity index (χ0v) is 12.2. The largest absolute Gasteiger partial charge is 0.355 e. The second-order valence-corrected chi connectivity index (χ2v) is 4.94. The summed E-state index contributed by atoms with van der Waals surface area (Å²) in [6.45, 7) is 7.50. The minimum absolute atomic E-state index is 0.0491. The molecule has 1 saturated heterocycles. The van der Waals surface area contributed by atoms with Crippen LogP contribution >= 0.6 is 0 Å². The molecule has 2 rings (SSSR count). The van der Waals surface area contributed by atoms with Crippen LogP contribution in [0.4, 0.5) is 0 Å². The van der Waals surface area contributed by atoms with E-state index in [-0.39, 0.29) is 11.9 Å². The van der Waals surface area contributed by atoms with Crippen LogP contribution in [0.2, 0.25) is 0 Å². The Morgan fingerprint density at radius 2 is 2.40 bits per heavy atom. The average Bonchev–Trinajstić information content (AvgIpc) is 2.87. The van der Waals surface area contributed by atoms with Gasteiger partial charge in [0.1, 0.15) is 6.04 Å². The number of aromatic nitrogens is 2. The van der Waals surface area contributed by atoms with Crippen LogP contribution in [0, 0.1) is 0 Å². The number of hydrogen-bond acceptors (Lipinski definition) is 6. The first-order valence-corrected chi connectivity index (χ1v) is 7.28. The highest BCUT2D eigenvalue weighted by Crippen LogP contribution is 2.10. The van der Waals surface area contributed by atoms with Crippen molar-refractivity contribution in [1.29, 1.82) is 0 Å². The van der Waals surface area contributed by atoms with Gasteiger partial charge in [0.15, 0.2) is 5.82 Å². The second-order valence-electron chi connectivity index (χ2n) is 4.94. The van der Waals surface area contributed by atoms with Crippen LogP contribution in [0.15, 0.2) is 4.52 Å². The number of aryl methyl sites for hydroxylation is 1. The molecule has 1 aromatic heterocycles. The molecule has 1 unspecified atom stereocenters. The molecule has 7 nitrogen and oxygen atoms in total. The Hall–Kier alpha value is -1.47. The van der Waals surface area contributed by atoms with Crippen LogP contribution < -0.4 is 10.6 Å².